The van der Waals surface area contributed by atoms with Gasteiger partial charge in [0.15, 0.2) is 0 Å². The van der Waals surface area contributed by atoms with Crippen molar-refractivity contribution in [3.63, 3.8) is 0 Å². The fraction of sp³-hybridized carbons (Fsp3) is 0.667. The van der Waals surface area contributed by atoms with Gasteiger partial charge in [0.1, 0.15) is 0 Å². The first-order chi connectivity index (χ1) is 13.2. The molecule has 4 rings (SSSR count). The number of hydrogen-bond acceptors (Lipinski definition) is 2. The van der Waals surface area contributed by atoms with Crippen molar-refractivity contribution in [2.45, 2.75) is 69.6 Å². The van der Waals surface area contributed by atoms with Gasteiger partial charge in [-0.2, -0.15) is 13.2 Å². The highest BCUT2D eigenvalue weighted by molar-refractivity contribution is 6.34. The highest BCUT2D eigenvalue weighted by Gasteiger charge is 2.49. The van der Waals surface area contributed by atoms with Crippen LogP contribution in [0.3, 0.4) is 0 Å². The summed E-state index contributed by atoms with van der Waals surface area (Å²) in [5.41, 5.74) is -1.20. The van der Waals surface area contributed by atoms with Crippen LogP contribution in [0, 0.1) is 5.92 Å². The van der Waals surface area contributed by atoms with Crippen LogP contribution >= 0.6 is 11.6 Å². The fourth-order valence-corrected chi connectivity index (χ4v) is 5.29. The van der Waals surface area contributed by atoms with Gasteiger partial charge in [-0.05, 0) is 57.2 Å². The molecule has 2 bridgehead atoms. The number of benzene rings is 1. The molecule has 3 nitrogen and oxygen atoms in total. The van der Waals surface area contributed by atoms with Crippen LogP contribution in [0.5, 0.6) is 0 Å². The van der Waals surface area contributed by atoms with Gasteiger partial charge in [-0.15, -0.1) is 0 Å². The first kappa shape index (κ1) is 21.4. The predicted octanol–water partition coefficient (Wildman–Crippen LogP) is 5.52. The van der Waals surface area contributed by atoms with Crippen molar-refractivity contribution in [2.24, 2.45) is 5.92 Å². The molecule has 0 spiro atoms. The number of carbonyl (C=O) groups is 1. The van der Waals surface area contributed by atoms with Gasteiger partial charge in [-0.3, -0.25) is 9.69 Å². The molecule has 3 fully saturated rings. The number of hydrogen-bond donors (Lipinski definition) is 1. The van der Waals surface area contributed by atoms with E-state index in [1.54, 1.807) is 0 Å². The van der Waals surface area contributed by atoms with Crippen molar-refractivity contribution in [1.82, 2.24) is 10.2 Å². The lowest BCUT2D eigenvalue weighted by molar-refractivity contribution is -0.137. The molecule has 156 valence electrons. The molecular formula is C21H28ClF3N2O. The van der Waals surface area contributed by atoms with Gasteiger partial charge in [0.05, 0.1) is 16.1 Å². The second kappa shape index (κ2) is 8.23. The van der Waals surface area contributed by atoms with Crippen LogP contribution in [0.4, 0.5) is 13.2 Å². The molecule has 3 aliphatic rings. The summed E-state index contributed by atoms with van der Waals surface area (Å²) in [5, 5.41) is 2.54. The summed E-state index contributed by atoms with van der Waals surface area (Å²) in [5.74, 6) is 0.194. The Morgan fingerprint density at radius 1 is 1.36 bits per heavy atom. The molecule has 1 amide bonds. The summed E-state index contributed by atoms with van der Waals surface area (Å²) >= 11 is 5.98. The van der Waals surface area contributed by atoms with E-state index in [4.69, 9.17) is 11.6 Å². The lowest BCUT2D eigenvalue weighted by Gasteiger charge is -2.57. The zero-order valence-corrected chi connectivity index (χ0v) is 17.2. The third-order valence-electron chi connectivity index (χ3n) is 6.61. The molecule has 1 saturated carbocycles. The monoisotopic (exact) mass is 416 g/mol. The first-order valence-electron chi connectivity index (χ1n) is 10.1. The summed E-state index contributed by atoms with van der Waals surface area (Å²) in [6, 6.07) is 3.41. The van der Waals surface area contributed by atoms with E-state index in [-0.39, 0.29) is 17.1 Å². The Morgan fingerprint density at radius 3 is 2.61 bits per heavy atom. The van der Waals surface area contributed by atoms with Gasteiger partial charge in [-0.1, -0.05) is 37.4 Å². The van der Waals surface area contributed by atoms with E-state index >= 15 is 0 Å². The smallest absolute Gasteiger partial charge is 0.347 e. The van der Waals surface area contributed by atoms with E-state index in [1.807, 2.05) is 0 Å². The number of likely N-dealkylation sites (N-methyl/N-ethyl adjacent to an activating group) is 1. The molecule has 1 unspecified atom stereocenters. The Bertz CT molecular complexity index is 714. The molecule has 1 aromatic carbocycles. The molecule has 1 aliphatic carbocycles. The predicted molar refractivity (Wildman–Crippen MR) is 105 cm³/mol. The number of unbranched alkanes of at least 4 members (excludes halogenated alkanes) is 1. The number of carbonyl (C=O) groups excluding carboxylic acids is 1. The Labute approximate surface area is 169 Å². The zero-order valence-electron chi connectivity index (χ0n) is 16.4. The molecule has 2 saturated heterocycles. The fourth-order valence-electron chi connectivity index (χ4n) is 4.97. The molecule has 2 heterocycles. The zero-order chi connectivity index (χ0) is 20.5. The van der Waals surface area contributed by atoms with Crippen LogP contribution in [0.2, 0.25) is 5.02 Å². The summed E-state index contributed by atoms with van der Waals surface area (Å²) in [6.45, 7) is 3.12. The van der Waals surface area contributed by atoms with Crippen molar-refractivity contribution < 1.29 is 18.0 Å². The van der Waals surface area contributed by atoms with E-state index in [9.17, 15) is 18.0 Å². The third kappa shape index (κ3) is 4.04. The lowest BCUT2D eigenvalue weighted by Crippen LogP contribution is -2.66. The molecular weight excluding hydrogens is 389 g/mol. The van der Waals surface area contributed by atoms with Crippen LogP contribution in [0.25, 0.3) is 0 Å². The topological polar surface area (TPSA) is 32.3 Å². The van der Waals surface area contributed by atoms with E-state index in [1.165, 1.54) is 12.1 Å². The quantitative estimate of drug-likeness (QED) is 0.662. The van der Waals surface area contributed by atoms with Gasteiger partial charge < -0.3 is 5.32 Å². The van der Waals surface area contributed by atoms with E-state index in [2.05, 4.69) is 24.2 Å². The number of alkyl halides is 3. The van der Waals surface area contributed by atoms with Crippen LogP contribution in [-0.2, 0) is 6.18 Å². The minimum Gasteiger partial charge on any atom is -0.347 e. The highest BCUT2D eigenvalue weighted by atomic mass is 35.5. The standard InChI is InChI=1S/C21H28ClF3N2O/c1-3-4-8-17(20-11-9-14(10-12-20)13-27(20)2)26-19(28)15-6-5-7-16(18(15)22)21(23,24)25/h5-7,14,17H,3-4,8-13H2,1-2H3,(H,26,28). The molecule has 28 heavy (non-hydrogen) atoms. The van der Waals surface area contributed by atoms with Crippen molar-refractivity contribution in [1.29, 1.82) is 0 Å². The molecule has 1 N–H and O–H groups in total. The number of halogens is 4. The van der Waals surface area contributed by atoms with E-state index in [0.29, 0.717) is 5.92 Å². The Morgan fingerprint density at radius 2 is 2.04 bits per heavy atom. The first-order valence-corrected chi connectivity index (χ1v) is 10.4. The number of fused-ring (bicyclic) bond motifs is 3. The number of nitrogens with zero attached hydrogens (tertiary/aromatic N) is 1. The maximum atomic E-state index is 13.2. The van der Waals surface area contributed by atoms with Gasteiger partial charge >= 0.3 is 6.18 Å². The molecule has 1 atom stereocenters. The average molecular weight is 417 g/mol. The van der Waals surface area contributed by atoms with Gasteiger partial charge in [-0.25, -0.2) is 0 Å². The van der Waals surface area contributed by atoms with Crippen LogP contribution in [0.1, 0.15) is 67.8 Å². The molecule has 0 aromatic heterocycles. The largest absolute Gasteiger partial charge is 0.417 e. The number of nitrogens with one attached hydrogen (secondary N) is 1. The van der Waals surface area contributed by atoms with Gasteiger partial charge in [0.25, 0.3) is 5.91 Å². The average Bonchev–Trinajstić information content (AvgIpc) is 2.65. The summed E-state index contributed by atoms with van der Waals surface area (Å²) < 4.78 is 39.5. The van der Waals surface area contributed by atoms with Gasteiger partial charge in [0.2, 0.25) is 0 Å². The van der Waals surface area contributed by atoms with Crippen LogP contribution < -0.4 is 5.32 Å². The Hall–Kier alpha value is -1.27. The normalized spacial score (nSPS) is 26.3. The van der Waals surface area contributed by atoms with E-state index < -0.39 is 22.7 Å². The summed E-state index contributed by atoms with van der Waals surface area (Å²) in [7, 11) is 2.10. The van der Waals surface area contributed by atoms with Crippen LogP contribution in [0.15, 0.2) is 18.2 Å². The number of rotatable bonds is 6. The molecule has 1 aromatic rings. The maximum absolute atomic E-state index is 13.2. The minimum absolute atomic E-state index is 0.100. The Kier molecular flexibility index (Phi) is 6.30. The lowest BCUT2D eigenvalue weighted by atomic mass is 9.66. The second-order valence-electron chi connectivity index (χ2n) is 8.26. The number of piperidine rings is 2. The molecule has 2 aliphatic heterocycles. The van der Waals surface area contributed by atoms with Crippen LogP contribution in [-0.4, -0.2) is 36.0 Å². The van der Waals surface area contributed by atoms with Crippen molar-refractivity contribution in [2.75, 3.05) is 13.6 Å². The van der Waals surface area contributed by atoms with E-state index in [0.717, 1.165) is 57.6 Å². The summed E-state index contributed by atoms with van der Waals surface area (Å²) in [6.07, 6.45) is 2.50. The maximum Gasteiger partial charge on any atom is 0.417 e. The second-order valence-corrected chi connectivity index (χ2v) is 8.64. The SMILES string of the molecule is CCCCC(NC(=O)c1cccc(C(F)(F)F)c1Cl)C12CCC(CC1)CN2C. The van der Waals surface area contributed by atoms with Crippen molar-refractivity contribution >= 4 is 17.5 Å². The molecule has 0 radical (unpaired) electrons. The third-order valence-corrected chi connectivity index (χ3v) is 7.02. The summed E-state index contributed by atoms with van der Waals surface area (Å²) in [4.78, 5) is 15.3. The highest BCUT2D eigenvalue weighted by Crippen LogP contribution is 2.45. The van der Waals surface area contributed by atoms with Crippen molar-refractivity contribution in [3.8, 4) is 0 Å². The van der Waals surface area contributed by atoms with Gasteiger partial charge in [0, 0.05) is 18.1 Å². The van der Waals surface area contributed by atoms with Crippen molar-refractivity contribution in [3.05, 3.63) is 34.3 Å². The Balaban J connectivity index is 1.87. The molecule has 7 heteroatoms. The number of amides is 1. The minimum atomic E-state index is -4.59.